The highest BCUT2D eigenvalue weighted by atomic mass is 127. The quantitative estimate of drug-likeness (QED) is 0.592. The van der Waals surface area contributed by atoms with Crippen LogP contribution in [0, 0.1) is 3.57 Å². The number of hydrogen-bond acceptors (Lipinski definition) is 5. The molecule has 2 N–H and O–H groups in total. The van der Waals surface area contributed by atoms with Gasteiger partial charge in [-0.25, -0.2) is 4.79 Å². The molecule has 7 nitrogen and oxygen atoms in total. The number of benzene rings is 2. The van der Waals surface area contributed by atoms with E-state index in [1.54, 1.807) is 39.0 Å². The molecule has 1 heterocycles. The summed E-state index contributed by atoms with van der Waals surface area (Å²) in [4.78, 5) is 25.2. The molecule has 154 valence electrons. The number of fused-ring (bicyclic) bond motifs is 1. The number of halogens is 1. The monoisotopic (exact) mass is 510 g/mol. The summed E-state index contributed by atoms with van der Waals surface area (Å²) in [7, 11) is 0. The van der Waals surface area contributed by atoms with Crippen molar-refractivity contribution in [3.8, 4) is 11.5 Å². The summed E-state index contributed by atoms with van der Waals surface area (Å²) in [5.74, 6) is 0.843. The second-order valence-corrected chi connectivity index (χ2v) is 8.83. The SMILES string of the molecule is CC(C)(C)OC(=O)N[C@@H](Cc1ccc(I)cc1)C(=O)Nc1ccc2c(c1)OCO2. The van der Waals surface area contributed by atoms with Crippen molar-refractivity contribution in [1.29, 1.82) is 0 Å². The summed E-state index contributed by atoms with van der Waals surface area (Å²) in [6.07, 6.45) is -0.319. The molecule has 3 rings (SSSR count). The number of carbonyl (C=O) groups is 2. The zero-order valence-electron chi connectivity index (χ0n) is 16.5. The summed E-state index contributed by atoms with van der Waals surface area (Å²) >= 11 is 2.22. The van der Waals surface area contributed by atoms with Gasteiger partial charge in [0.1, 0.15) is 11.6 Å². The molecule has 0 aromatic heterocycles. The van der Waals surface area contributed by atoms with Crippen LogP contribution in [-0.2, 0) is 16.0 Å². The number of carbonyl (C=O) groups excluding carboxylic acids is 2. The van der Waals surface area contributed by atoms with Gasteiger partial charge in [-0.15, -0.1) is 0 Å². The minimum atomic E-state index is -0.810. The summed E-state index contributed by atoms with van der Waals surface area (Å²) in [5, 5.41) is 5.50. The van der Waals surface area contributed by atoms with Crippen LogP contribution in [0.25, 0.3) is 0 Å². The fourth-order valence-corrected chi connectivity index (χ4v) is 3.08. The summed E-state index contributed by atoms with van der Waals surface area (Å²) in [5.41, 5.74) is 0.816. The zero-order chi connectivity index (χ0) is 21.0. The molecular weight excluding hydrogens is 487 g/mol. The fraction of sp³-hybridized carbons (Fsp3) is 0.333. The lowest BCUT2D eigenvalue weighted by Crippen LogP contribution is -2.47. The Balaban J connectivity index is 1.74. The maximum absolute atomic E-state index is 12.9. The molecule has 29 heavy (non-hydrogen) atoms. The van der Waals surface area contributed by atoms with Crippen molar-refractivity contribution in [1.82, 2.24) is 5.32 Å². The fourth-order valence-electron chi connectivity index (χ4n) is 2.72. The maximum Gasteiger partial charge on any atom is 0.408 e. The standard InChI is InChI=1S/C21H23IN2O5/c1-21(2,3)29-20(26)24-16(10-13-4-6-14(22)7-5-13)19(25)23-15-8-9-17-18(11-15)28-12-27-17/h4-9,11,16H,10,12H2,1-3H3,(H,23,25)(H,24,26)/t16-/m0/s1. The Kier molecular flexibility index (Phi) is 6.51. The summed E-state index contributed by atoms with van der Waals surface area (Å²) < 4.78 is 17.0. The summed E-state index contributed by atoms with van der Waals surface area (Å²) in [6.45, 7) is 5.47. The molecule has 0 bridgehead atoms. The molecule has 1 atom stereocenters. The lowest BCUT2D eigenvalue weighted by atomic mass is 10.1. The van der Waals surface area contributed by atoms with Crippen molar-refractivity contribution >= 4 is 40.3 Å². The second kappa shape index (κ2) is 8.89. The van der Waals surface area contributed by atoms with Gasteiger partial charge in [0.05, 0.1) is 0 Å². The Bertz CT molecular complexity index is 893. The molecule has 1 aliphatic heterocycles. The molecular formula is C21H23IN2O5. The molecule has 0 saturated heterocycles. The molecule has 2 aromatic carbocycles. The predicted molar refractivity (Wildman–Crippen MR) is 117 cm³/mol. The minimum Gasteiger partial charge on any atom is -0.454 e. The van der Waals surface area contributed by atoms with Crippen LogP contribution in [0.2, 0.25) is 0 Å². The normalized spacial score (nSPS) is 13.5. The van der Waals surface area contributed by atoms with E-state index in [2.05, 4.69) is 33.2 Å². The smallest absolute Gasteiger partial charge is 0.408 e. The van der Waals surface area contributed by atoms with Gasteiger partial charge in [-0.1, -0.05) is 12.1 Å². The molecule has 0 saturated carbocycles. The van der Waals surface area contributed by atoms with E-state index in [1.165, 1.54) is 0 Å². The summed E-state index contributed by atoms with van der Waals surface area (Å²) in [6, 6.07) is 12.1. The third-order valence-corrected chi connectivity index (χ3v) is 4.72. The molecule has 1 aliphatic rings. The number of rotatable bonds is 5. The number of ether oxygens (including phenoxy) is 3. The second-order valence-electron chi connectivity index (χ2n) is 7.59. The average molecular weight is 510 g/mol. The topological polar surface area (TPSA) is 85.9 Å². The first-order valence-corrected chi connectivity index (χ1v) is 10.2. The van der Waals surface area contributed by atoms with E-state index >= 15 is 0 Å². The first kappa shape index (κ1) is 21.2. The molecule has 0 spiro atoms. The van der Waals surface area contributed by atoms with Gasteiger partial charge in [0.15, 0.2) is 11.5 Å². The van der Waals surface area contributed by atoms with Gasteiger partial charge in [0.25, 0.3) is 0 Å². The number of anilines is 1. The first-order chi connectivity index (χ1) is 13.7. The van der Waals surface area contributed by atoms with Crippen molar-refractivity contribution < 1.29 is 23.8 Å². The van der Waals surface area contributed by atoms with Crippen molar-refractivity contribution in [2.75, 3.05) is 12.1 Å². The van der Waals surface area contributed by atoms with Crippen LogP contribution in [0.5, 0.6) is 11.5 Å². The highest BCUT2D eigenvalue weighted by molar-refractivity contribution is 14.1. The van der Waals surface area contributed by atoms with E-state index in [4.69, 9.17) is 14.2 Å². The first-order valence-electron chi connectivity index (χ1n) is 9.14. The van der Waals surface area contributed by atoms with Crippen LogP contribution in [-0.4, -0.2) is 30.4 Å². The molecule has 0 fully saturated rings. The lowest BCUT2D eigenvalue weighted by Gasteiger charge is -2.23. The maximum atomic E-state index is 12.9. The molecule has 2 amide bonds. The van der Waals surface area contributed by atoms with Crippen LogP contribution >= 0.6 is 22.6 Å². The molecule has 0 aliphatic carbocycles. The largest absolute Gasteiger partial charge is 0.454 e. The number of amides is 2. The third kappa shape index (κ3) is 6.25. The Morgan fingerprint density at radius 2 is 1.79 bits per heavy atom. The van der Waals surface area contributed by atoms with E-state index in [1.807, 2.05) is 24.3 Å². The zero-order valence-corrected chi connectivity index (χ0v) is 18.6. The molecule has 0 radical (unpaired) electrons. The van der Waals surface area contributed by atoms with Crippen molar-refractivity contribution in [2.24, 2.45) is 0 Å². The highest BCUT2D eigenvalue weighted by Crippen LogP contribution is 2.34. The van der Waals surface area contributed by atoms with Crippen molar-refractivity contribution in [3.63, 3.8) is 0 Å². The van der Waals surface area contributed by atoms with Crippen LogP contribution in [0.1, 0.15) is 26.3 Å². The molecule has 2 aromatic rings. The van der Waals surface area contributed by atoms with Gasteiger partial charge < -0.3 is 24.8 Å². The Morgan fingerprint density at radius 3 is 2.48 bits per heavy atom. The van der Waals surface area contributed by atoms with Crippen molar-refractivity contribution in [2.45, 2.75) is 38.8 Å². The van der Waals surface area contributed by atoms with Gasteiger partial charge in [0, 0.05) is 21.7 Å². The molecule has 0 unspecified atom stereocenters. The average Bonchev–Trinajstić information content (AvgIpc) is 3.09. The minimum absolute atomic E-state index is 0.155. The van der Waals surface area contributed by atoms with Crippen LogP contribution in [0.3, 0.4) is 0 Å². The third-order valence-electron chi connectivity index (χ3n) is 4.00. The highest BCUT2D eigenvalue weighted by Gasteiger charge is 2.25. The van der Waals surface area contributed by atoms with E-state index in [0.717, 1.165) is 9.13 Å². The van der Waals surface area contributed by atoms with E-state index in [0.29, 0.717) is 23.6 Å². The van der Waals surface area contributed by atoms with Crippen LogP contribution < -0.4 is 20.1 Å². The Hall–Kier alpha value is -2.49. The van der Waals surface area contributed by atoms with Crippen LogP contribution in [0.4, 0.5) is 10.5 Å². The number of hydrogen-bond donors (Lipinski definition) is 2. The van der Waals surface area contributed by atoms with Crippen molar-refractivity contribution in [3.05, 3.63) is 51.6 Å². The van der Waals surface area contributed by atoms with E-state index < -0.39 is 17.7 Å². The van der Waals surface area contributed by atoms with Crippen LogP contribution in [0.15, 0.2) is 42.5 Å². The predicted octanol–water partition coefficient (Wildman–Crippen LogP) is 4.09. The van der Waals surface area contributed by atoms with Gasteiger partial charge in [-0.05, 0) is 73.2 Å². The number of nitrogens with one attached hydrogen (secondary N) is 2. The van der Waals surface area contributed by atoms with Gasteiger partial charge in [0.2, 0.25) is 12.7 Å². The Morgan fingerprint density at radius 1 is 1.10 bits per heavy atom. The van der Waals surface area contributed by atoms with E-state index in [-0.39, 0.29) is 12.7 Å². The van der Waals surface area contributed by atoms with Gasteiger partial charge in [-0.2, -0.15) is 0 Å². The Labute approximate surface area is 183 Å². The van der Waals surface area contributed by atoms with Gasteiger partial charge >= 0.3 is 6.09 Å². The molecule has 8 heteroatoms. The van der Waals surface area contributed by atoms with E-state index in [9.17, 15) is 9.59 Å². The number of alkyl carbamates (subject to hydrolysis) is 1. The van der Waals surface area contributed by atoms with Gasteiger partial charge in [-0.3, -0.25) is 4.79 Å². The lowest BCUT2D eigenvalue weighted by molar-refractivity contribution is -0.118.